The minimum atomic E-state index is -1.06. The van der Waals surface area contributed by atoms with Crippen LogP contribution >= 0.6 is 0 Å². The molecule has 0 aliphatic carbocycles. The predicted molar refractivity (Wildman–Crippen MR) is 95.1 cm³/mol. The topological polar surface area (TPSA) is 79.5 Å². The Hall–Kier alpha value is -3.42. The average Bonchev–Trinajstić information content (AvgIpc) is 2.61. The highest BCUT2D eigenvalue weighted by molar-refractivity contribution is 6.06. The molecule has 3 N–H and O–H groups in total. The first-order chi connectivity index (χ1) is 12.9. The van der Waals surface area contributed by atoms with Crippen LogP contribution in [0.5, 0.6) is 5.75 Å². The minimum absolute atomic E-state index is 0.00881. The first kappa shape index (κ1) is 18.4. The molecule has 6 nitrogen and oxygen atoms in total. The maximum atomic E-state index is 14.3. The van der Waals surface area contributed by atoms with Gasteiger partial charge in [-0.05, 0) is 37.3 Å². The van der Waals surface area contributed by atoms with Crippen molar-refractivity contribution in [1.29, 1.82) is 0 Å². The standard InChI is InChI=1S/C19H17F2N3O3/c1-10-16(18(25)23-12-4-6-13(27-2)7-5-12)17(24-19(26)22-10)14-8-3-11(20)9-15(14)21/h3-9,17H,1-2H3,(H,23,25)(H2,22,24,26)/t17-/m0/s1. The van der Waals surface area contributed by atoms with Gasteiger partial charge >= 0.3 is 6.03 Å². The van der Waals surface area contributed by atoms with Crippen LogP contribution in [-0.2, 0) is 4.79 Å². The third kappa shape index (κ3) is 3.89. The molecule has 140 valence electrons. The number of halogens is 2. The smallest absolute Gasteiger partial charge is 0.319 e. The lowest BCUT2D eigenvalue weighted by molar-refractivity contribution is -0.113. The van der Waals surface area contributed by atoms with Crippen molar-refractivity contribution in [2.24, 2.45) is 0 Å². The van der Waals surface area contributed by atoms with Gasteiger partial charge in [0.25, 0.3) is 5.91 Å². The van der Waals surface area contributed by atoms with Gasteiger partial charge in [-0.25, -0.2) is 13.6 Å². The zero-order valence-electron chi connectivity index (χ0n) is 14.6. The van der Waals surface area contributed by atoms with Gasteiger partial charge in [0, 0.05) is 23.0 Å². The summed E-state index contributed by atoms with van der Waals surface area (Å²) in [5.41, 5.74) is 0.885. The van der Waals surface area contributed by atoms with Crippen LogP contribution in [0.15, 0.2) is 53.7 Å². The number of nitrogens with one attached hydrogen (secondary N) is 3. The molecule has 1 aliphatic heterocycles. The van der Waals surface area contributed by atoms with Gasteiger partial charge < -0.3 is 20.7 Å². The molecule has 1 atom stereocenters. The van der Waals surface area contributed by atoms with Crippen LogP contribution in [0.25, 0.3) is 0 Å². The van der Waals surface area contributed by atoms with Crippen molar-refractivity contribution in [3.05, 3.63) is 70.9 Å². The molecule has 0 aromatic heterocycles. The minimum Gasteiger partial charge on any atom is -0.497 e. The van der Waals surface area contributed by atoms with E-state index in [1.807, 2.05) is 0 Å². The van der Waals surface area contributed by atoms with E-state index >= 15 is 0 Å². The molecule has 1 heterocycles. The van der Waals surface area contributed by atoms with Crippen molar-refractivity contribution in [3.8, 4) is 5.75 Å². The molecular formula is C19H17F2N3O3. The highest BCUT2D eigenvalue weighted by atomic mass is 19.1. The Labute approximate surface area is 154 Å². The van der Waals surface area contributed by atoms with Crippen LogP contribution in [-0.4, -0.2) is 19.0 Å². The van der Waals surface area contributed by atoms with E-state index in [-0.39, 0.29) is 16.8 Å². The van der Waals surface area contributed by atoms with Crippen LogP contribution in [0.2, 0.25) is 0 Å². The molecule has 0 unspecified atom stereocenters. The summed E-state index contributed by atoms with van der Waals surface area (Å²) in [6.45, 7) is 1.54. The van der Waals surface area contributed by atoms with Crippen LogP contribution in [0, 0.1) is 11.6 Å². The Morgan fingerprint density at radius 2 is 1.85 bits per heavy atom. The molecule has 0 spiro atoms. The fraction of sp³-hybridized carbons (Fsp3) is 0.158. The Morgan fingerprint density at radius 3 is 2.48 bits per heavy atom. The molecule has 27 heavy (non-hydrogen) atoms. The molecule has 3 amide bonds. The van der Waals surface area contributed by atoms with Gasteiger partial charge in [-0.1, -0.05) is 6.07 Å². The maximum Gasteiger partial charge on any atom is 0.319 e. The van der Waals surface area contributed by atoms with Crippen molar-refractivity contribution in [3.63, 3.8) is 0 Å². The average molecular weight is 373 g/mol. The number of carbonyl (C=O) groups is 2. The molecule has 1 aliphatic rings. The normalized spacial score (nSPS) is 16.4. The monoisotopic (exact) mass is 373 g/mol. The quantitative estimate of drug-likeness (QED) is 0.770. The SMILES string of the molecule is COc1ccc(NC(=O)C2=C(C)NC(=O)N[C@H]2c2ccc(F)cc2F)cc1. The fourth-order valence-electron chi connectivity index (χ4n) is 2.84. The molecule has 0 radical (unpaired) electrons. The van der Waals surface area contributed by atoms with Crippen LogP contribution < -0.4 is 20.7 Å². The third-order valence-corrected chi connectivity index (χ3v) is 4.14. The van der Waals surface area contributed by atoms with Gasteiger partial charge in [0.2, 0.25) is 0 Å². The summed E-state index contributed by atoms with van der Waals surface area (Å²) in [7, 11) is 1.53. The molecule has 0 bridgehead atoms. The van der Waals surface area contributed by atoms with Crippen molar-refractivity contribution in [2.75, 3.05) is 12.4 Å². The zero-order chi connectivity index (χ0) is 19.6. The highest BCUT2D eigenvalue weighted by Gasteiger charge is 2.33. The van der Waals surface area contributed by atoms with Crippen LogP contribution in [0.3, 0.4) is 0 Å². The summed E-state index contributed by atoms with van der Waals surface area (Å²) in [4.78, 5) is 24.6. The van der Waals surface area contributed by atoms with Crippen molar-refractivity contribution in [2.45, 2.75) is 13.0 Å². The summed E-state index contributed by atoms with van der Waals surface area (Å²) in [6, 6.07) is 7.99. The van der Waals surface area contributed by atoms with Crippen molar-refractivity contribution >= 4 is 17.6 Å². The highest BCUT2D eigenvalue weighted by Crippen LogP contribution is 2.30. The molecule has 0 fully saturated rings. The number of benzene rings is 2. The van der Waals surface area contributed by atoms with Gasteiger partial charge in [0.05, 0.1) is 18.7 Å². The number of anilines is 1. The van der Waals surface area contributed by atoms with E-state index in [0.717, 1.165) is 6.07 Å². The predicted octanol–water partition coefficient (Wildman–Crippen LogP) is 3.24. The summed E-state index contributed by atoms with van der Waals surface area (Å²) in [5, 5.41) is 7.70. The Morgan fingerprint density at radius 1 is 1.15 bits per heavy atom. The first-order valence-corrected chi connectivity index (χ1v) is 8.07. The van der Waals surface area contributed by atoms with Crippen LogP contribution in [0.4, 0.5) is 19.3 Å². The Kier molecular flexibility index (Phi) is 5.07. The first-order valence-electron chi connectivity index (χ1n) is 8.07. The number of rotatable bonds is 4. The molecule has 2 aromatic rings. The second-order valence-corrected chi connectivity index (χ2v) is 5.92. The number of hydrogen-bond acceptors (Lipinski definition) is 3. The fourth-order valence-corrected chi connectivity index (χ4v) is 2.84. The van der Waals surface area contributed by atoms with E-state index in [1.165, 1.54) is 20.1 Å². The van der Waals surface area contributed by atoms with E-state index in [9.17, 15) is 18.4 Å². The van der Waals surface area contributed by atoms with Crippen LogP contribution in [0.1, 0.15) is 18.5 Å². The zero-order valence-corrected chi connectivity index (χ0v) is 14.6. The number of amides is 3. The Bertz CT molecular complexity index is 926. The number of methoxy groups -OCH3 is 1. The van der Waals surface area contributed by atoms with Crippen molar-refractivity contribution in [1.82, 2.24) is 10.6 Å². The number of ether oxygens (including phenoxy) is 1. The molecule has 3 rings (SSSR count). The molecular weight excluding hydrogens is 356 g/mol. The van der Waals surface area contributed by atoms with Crippen molar-refractivity contribution < 1.29 is 23.1 Å². The summed E-state index contributed by atoms with van der Waals surface area (Å²) in [6.07, 6.45) is 0. The van der Waals surface area contributed by atoms with Gasteiger partial charge in [-0.15, -0.1) is 0 Å². The van der Waals surface area contributed by atoms with Gasteiger partial charge in [0.15, 0.2) is 0 Å². The summed E-state index contributed by atoms with van der Waals surface area (Å²) >= 11 is 0. The van der Waals surface area contributed by atoms with Gasteiger partial charge in [-0.3, -0.25) is 4.79 Å². The Balaban J connectivity index is 1.94. The molecule has 0 saturated carbocycles. The lowest BCUT2D eigenvalue weighted by atomic mass is 9.94. The van der Waals surface area contributed by atoms with E-state index < -0.39 is 29.6 Å². The largest absolute Gasteiger partial charge is 0.497 e. The lowest BCUT2D eigenvalue weighted by Crippen LogP contribution is -2.46. The second kappa shape index (κ2) is 7.45. The summed E-state index contributed by atoms with van der Waals surface area (Å²) in [5.74, 6) is -1.51. The number of hydrogen-bond donors (Lipinski definition) is 3. The van der Waals surface area contributed by atoms with Gasteiger partial charge in [0.1, 0.15) is 17.4 Å². The number of urea groups is 1. The third-order valence-electron chi connectivity index (χ3n) is 4.14. The van der Waals surface area contributed by atoms with Gasteiger partial charge in [-0.2, -0.15) is 0 Å². The number of carbonyl (C=O) groups excluding carboxylic acids is 2. The lowest BCUT2D eigenvalue weighted by Gasteiger charge is -2.29. The maximum absolute atomic E-state index is 14.3. The molecule has 2 aromatic carbocycles. The molecule has 8 heteroatoms. The number of allylic oxidation sites excluding steroid dienone is 1. The summed E-state index contributed by atoms with van der Waals surface area (Å²) < 4.78 is 32.6. The second-order valence-electron chi connectivity index (χ2n) is 5.92. The van der Waals surface area contributed by atoms with E-state index in [4.69, 9.17) is 4.74 Å². The van der Waals surface area contributed by atoms with E-state index in [1.54, 1.807) is 24.3 Å². The molecule has 0 saturated heterocycles. The van der Waals surface area contributed by atoms with E-state index in [0.29, 0.717) is 17.5 Å². The van der Waals surface area contributed by atoms with E-state index in [2.05, 4.69) is 16.0 Å².